The van der Waals surface area contributed by atoms with E-state index >= 15 is 0 Å². The number of esters is 1. The highest BCUT2D eigenvalue weighted by molar-refractivity contribution is 7.12. The van der Waals surface area contributed by atoms with Gasteiger partial charge >= 0.3 is 5.97 Å². The molecule has 2 atom stereocenters. The molecule has 0 N–H and O–H groups in total. The van der Waals surface area contributed by atoms with Crippen molar-refractivity contribution in [2.45, 2.75) is 59.3 Å². The summed E-state index contributed by atoms with van der Waals surface area (Å²) in [5.74, 6) is 0.0915. The summed E-state index contributed by atoms with van der Waals surface area (Å²) in [6, 6.07) is 2.28. The molecule has 0 aromatic carbocycles. The number of carbonyl (C=O) groups is 1. The minimum atomic E-state index is -0.0969. The molecule has 1 heterocycles. The van der Waals surface area contributed by atoms with E-state index < -0.39 is 0 Å². The lowest BCUT2D eigenvalue weighted by molar-refractivity contribution is -0.146. The summed E-state index contributed by atoms with van der Waals surface area (Å²) in [5.41, 5.74) is 1.69. The minimum Gasteiger partial charge on any atom is -0.469 e. The van der Waals surface area contributed by atoms with Gasteiger partial charge in [-0.3, -0.25) is 4.79 Å². The van der Waals surface area contributed by atoms with Gasteiger partial charge in [-0.2, -0.15) is 0 Å². The topological polar surface area (TPSA) is 26.3 Å². The van der Waals surface area contributed by atoms with Crippen LogP contribution in [-0.2, 0) is 14.9 Å². The van der Waals surface area contributed by atoms with Gasteiger partial charge in [-0.1, -0.05) is 34.6 Å². The largest absolute Gasteiger partial charge is 0.469 e. The van der Waals surface area contributed by atoms with Crippen LogP contribution >= 0.6 is 11.3 Å². The summed E-state index contributed by atoms with van der Waals surface area (Å²) in [4.78, 5) is 14.8. The zero-order valence-electron chi connectivity index (χ0n) is 13.7. The third-order valence-electron chi connectivity index (χ3n) is 5.45. The third-order valence-corrected chi connectivity index (χ3v) is 6.84. The van der Waals surface area contributed by atoms with Crippen molar-refractivity contribution < 1.29 is 9.53 Å². The molecule has 0 saturated carbocycles. The normalized spacial score (nSPS) is 24.9. The number of hydrogen-bond acceptors (Lipinski definition) is 3. The van der Waals surface area contributed by atoms with E-state index in [4.69, 9.17) is 4.74 Å². The molecule has 112 valence electrons. The predicted molar refractivity (Wildman–Crippen MR) is 84.4 cm³/mol. The Morgan fingerprint density at radius 1 is 1.40 bits per heavy atom. The molecule has 2 nitrogen and oxygen atoms in total. The molecule has 0 amide bonds. The second-order valence-corrected chi connectivity index (χ2v) is 8.53. The van der Waals surface area contributed by atoms with Crippen molar-refractivity contribution in [2.24, 2.45) is 11.3 Å². The van der Waals surface area contributed by atoms with E-state index in [1.807, 2.05) is 18.3 Å². The Morgan fingerprint density at radius 2 is 2.00 bits per heavy atom. The Bertz CT molecular complexity index is 525. The molecule has 1 aliphatic rings. The zero-order chi connectivity index (χ0) is 15.3. The first-order valence-electron chi connectivity index (χ1n) is 7.30. The molecule has 3 heteroatoms. The Hall–Kier alpha value is -0.830. The molecule has 1 aromatic heterocycles. The van der Waals surface area contributed by atoms with E-state index in [1.54, 1.807) is 0 Å². The highest BCUT2D eigenvalue weighted by Gasteiger charge is 2.49. The number of aryl methyl sites for hydroxylation is 1. The number of rotatable bonds is 2. The van der Waals surface area contributed by atoms with Crippen LogP contribution in [0.15, 0.2) is 6.07 Å². The van der Waals surface area contributed by atoms with Crippen molar-refractivity contribution >= 4 is 17.3 Å². The van der Waals surface area contributed by atoms with Crippen LogP contribution in [0.1, 0.15) is 62.3 Å². The van der Waals surface area contributed by atoms with Crippen molar-refractivity contribution in [2.75, 3.05) is 7.11 Å². The van der Waals surface area contributed by atoms with Crippen molar-refractivity contribution in [3.05, 3.63) is 21.4 Å². The average Bonchev–Trinajstić information content (AvgIpc) is 2.75. The van der Waals surface area contributed by atoms with Crippen molar-refractivity contribution in [1.82, 2.24) is 0 Å². The van der Waals surface area contributed by atoms with Crippen LogP contribution in [0, 0.1) is 18.3 Å². The third kappa shape index (κ3) is 2.20. The van der Waals surface area contributed by atoms with E-state index in [0.29, 0.717) is 0 Å². The maximum Gasteiger partial charge on any atom is 0.308 e. The minimum absolute atomic E-state index is 0.0804. The van der Waals surface area contributed by atoms with E-state index in [-0.39, 0.29) is 28.6 Å². The Balaban J connectivity index is 2.54. The van der Waals surface area contributed by atoms with E-state index in [0.717, 1.165) is 6.42 Å². The molecule has 0 saturated heterocycles. The lowest BCUT2D eigenvalue weighted by atomic mass is 9.56. The Kier molecular flexibility index (Phi) is 3.79. The molecular weight excluding hydrogens is 268 g/mol. The lowest BCUT2D eigenvalue weighted by Gasteiger charge is -2.49. The summed E-state index contributed by atoms with van der Waals surface area (Å²) in [5, 5.41) is 0. The standard InChI is InChI=1S/C17H26O2S/c1-10-8-12-13(11(2)15(18)19-7)9-16(3,4)17(5,6)14(12)20-10/h8,11,13H,9H2,1-7H3. The smallest absolute Gasteiger partial charge is 0.308 e. The van der Waals surface area contributed by atoms with Gasteiger partial charge in [-0.25, -0.2) is 0 Å². The molecule has 1 aromatic rings. The van der Waals surface area contributed by atoms with Gasteiger partial charge in [0, 0.05) is 15.2 Å². The zero-order valence-corrected chi connectivity index (χ0v) is 14.5. The summed E-state index contributed by atoms with van der Waals surface area (Å²) < 4.78 is 4.97. The van der Waals surface area contributed by atoms with Gasteiger partial charge in [-0.05, 0) is 36.3 Å². The van der Waals surface area contributed by atoms with Crippen molar-refractivity contribution in [3.8, 4) is 0 Å². The molecule has 2 unspecified atom stereocenters. The molecule has 20 heavy (non-hydrogen) atoms. The fourth-order valence-corrected chi connectivity index (χ4v) is 4.68. The van der Waals surface area contributed by atoms with Crippen LogP contribution in [0.3, 0.4) is 0 Å². The Labute approximate surface area is 126 Å². The number of hydrogen-bond donors (Lipinski definition) is 0. The van der Waals surface area contributed by atoms with Gasteiger partial charge in [-0.15, -0.1) is 11.3 Å². The van der Waals surface area contributed by atoms with Gasteiger partial charge in [0.05, 0.1) is 13.0 Å². The maximum atomic E-state index is 12.0. The first kappa shape index (κ1) is 15.6. The van der Waals surface area contributed by atoms with Crippen molar-refractivity contribution in [1.29, 1.82) is 0 Å². The molecule has 0 radical (unpaired) electrons. The molecule has 1 aliphatic carbocycles. The van der Waals surface area contributed by atoms with E-state index in [1.165, 1.54) is 22.4 Å². The van der Waals surface area contributed by atoms with Crippen LogP contribution in [-0.4, -0.2) is 13.1 Å². The average molecular weight is 294 g/mol. The van der Waals surface area contributed by atoms with Crippen LogP contribution < -0.4 is 0 Å². The van der Waals surface area contributed by atoms with Gasteiger partial charge in [0.15, 0.2) is 0 Å². The Morgan fingerprint density at radius 3 is 2.55 bits per heavy atom. The first-order chi connectivity index (χ1) is 9.11. The second-order valence-electron chi connectivity index (χ2n) is 7.27. The highest BCUT2D eigenvalue weighted by atomic mass is 32.1. The predicted octanol–water partition coefficient (Wildman–Crippen LogP) is 4.66. The quantitative estimate of drug-likeness (QED) is 0.742. The lowest BCUT2D eigenvalue weighted by Crippen LogP contribution is -2.43. The van der Waals surface area contributed by atoms with Gasteiger partial charge in [0.1, 0.15) is 0 Å². The van der Waals surface area contributed by atoms with E-state index in [9.17, 15) is 4.79 Å². The second kappa shape index (κ2) is 4.87. The molecular formula is C17H26O2S. The fourth-order valence-electron chi connectivity index (χ4n) is 3.32. The SMILES string of the molecule is COC(=O)C(C)C1CC(C)(C)C(C)(C)c2sc(C)cc21. The fraction of sp³-hybridized carbons (Fsp3) is 0.706. The van der Waals surface area contributed by atoms with Crippen LogP contribution in [0.25, 0.3) is 0 Å². The molecule has 0 fully saturated rings. The van der Waals surface area contributed by atoms with Crippen LogP contribution in [0.5, 0.6) is 0 Å². The summed E-state index contributed by atoms with van der Waals surface area (Å²) in [7, 11) is 1.48. The molecule has 2 rings (SSSR count). The molecule has 0 spiro atoms. The number of ether oxygens (including phenoxy) is 1. The highest BCUT2D eigenvalue weighted by Crippen LogP contribution is 2.57. The van der Waals surface area contributed by atoms with Gasteiger partial charge in [0.25, 0.3) is 0 Å². The summed E-state index contributed by atoms with van der Waals surface area (Å²) in [6.45, 7) is 13.5. The van der Waals surface area contributed by atoms with Crippen LogP contribution in [0.2, 0.25) is 0 Å². The molecule has 0 aliphatic heterocycles. The van der Waals surface area contributed by atoms with Gasteiger partial charge < -0.3 is 4.74 Å². The summed E-state index contributed by atoms with van der Waals surface area (Å²) in [6.07, 6.45) is 1.03. The number of fused-ring (bicyclic) bond motifs is 1. The number of methoxy groups -OCH3 is 1. The monoisotopic (exact) mass is 294 g/mol. The number of carbonyl (C=O) groups excluding carboxylic acids is 1. The van der Waals surface area contributed by atoms with Crippen LogP contribution in [0.4, 0.5) is 0 Å². The van der Waals surface area contributed by atoms with Crippen molar-refractivity contribution in [3.63, 3.8) is 0 Å². The maximum absolute atomic E-state index is 12.0. The van der Waals surface area contributed by atoms with Gasteiger partial charge in [0.2, 0.25) is 0 Å². The van der Waals surface area contributed by atoms with E-state index in [2.05, 4.69) is 40.7 Å². The first-order valence-corrected chi connectivity index (χ1v) is 8.12. The summed E-state index contributed by atoms with van der Waals surface area (Å²) >= 11 is 1.89. The number of thiophene rings is 1. The molecule has 0 bridgehead atoms.